The first-order valence-electron chi connectivity index (χ1n) is 7.75. The van der Waals surface area contributed by atoms with Crippen LogP contribution >= 0.6 is 15.9 Å². The Labute approximate surface area is 133 Å². The van der Waals surface area contributed by atoms with Crippen molar-refractivity contribution in [3.05, 3.63) is 15.9 Å². The standard InChI is InChI=1S/C15H24BrF2N3/c1-3-12-14(16)13(21(4-2)20-12)9-11(19)10-5-7-15(17,18)8-6-10/h10-11H,3-9,19H2,1-2H3. The van der Waals surface area contributed by atoms with E-state index in [9.17, 15) is 8.78 Å². The minimum atomic E-state index is -2.49. The molecular weight excluding hydrogens is 340 g/mol. The predicted molar refractivity (Wildman–Crippen MR) is 83.6 cm³/mol. The van der Waals surface area contributed by atoms with Gasteiger partial charge in [-0.1, -0.05) is 6.92 Å². The molecule has 120 valence electrons. The summed E-state index contributed by atoms with van der Waals surface area (Å²) in [6, 6.07) is -0.0795. The van der Waals surface area contributed by atoms with Crippen LogP contribution in [0.3, 0.4) is 0 Å². The quantitative estimate of drug-likeness (QED) is 0.861. The molecule has 1 aromatic rings. The highest BCUT2D eigenvalue weighted by Gasteiger charge is 2.37. The first-order chi connectivity index (χ1) is 9.88. The van der Waals surface area contributed by atoms with Crippen molar-refractivity contribution >= 4 is 15.9 Å². The maximum atomic E-state index is 13.2. The zero-order valence-electron chi connectivity index (χ0n) is 12.7. The summed E-state index contributed by atoms with van der Waals surface area (Å²) in [7, 11) is 0. The van der Waals surface area contributed by atoms with Crippen molar-refractivity contribution in [2.75, 3.05) is 0 Å². The van der Waals surface area contributed by atoms with E-state index in [0.29, 0.717) is 19.3 Å². The van der Waals surface area contributed by atoms with Gasteiger partial charge in [-0.05, 0) is 48.0 Å². The number of nitrogens with zero attached hydrogens (tertiary/aromatic N) is 2. The number of hydrogen-bond acceptors (Lipinski definition) is 2. The second-order valence-corrected chi connectivity index (χ2v) is 6.73. The van der Waals surface area contributed by atoms with Crippen LogP contribution in [-0.2, 0) is 19.4 Å². The number of nitrogens with two attached hydrogens (primary N) is 1. The van der Waals surface area contributed by atoms with Crippen LogP contribution in [0.25, 0.3) is 0 Å². The van der Waals surface area contributed by atoms with E-state index in [0.717, 1.165) is 28.8 Å². The molecule has 0 saturated heterocycles. The summed E-state index contributed by atoms with van der Waals surface area (Å²) in [4.78, 5) is 0. The number of halogens is 3. The van der Waals surface area contributed by atoms with Gasteiger partial charge in [0.15, 0.2) is 0 Å². The van der Waals surface area contributed by atoms with Crippen LogP contribution in [0.5, 0.6) is 0 Å². The molecule has 0 bridgehead atoms. The van der Waals surface area contributed by atoms with Gasteiger partial charge < -0.3 is 5.73 Å². The molecule has 6 heteroatoms. The molecule has 1 atom stereocenters. The summed E-state index contributed by atoms with van der Waals surface area (Å²) in [5, 5.41) is 4.56. The summed E-state index contributed by atoms with van der Waals surface area (Å²) in [5.41, 5.74) is 8.44. The molecule has 1 aliphatic carbocycles. The van der Waals surface area contributed by atoms with Crippen molar-refractivity contribution in [2.24, 2.45) is 11.7 Å². The number of hydrogen-bond donors (Lipinski definition) is 1. The zero-order valence-corrected chi connectivity index (χ0v) is 14.3. The van der Waals surface area contributed by atoms with Crippen LogP contribution in [0.15, 0.2) is 4.47 Å². The lowest BCUT2D eigenvalue weighted by Crippen LogP contribution is -2.38. The van der Waals surface area contributed by atoms with Gasteiger partial charge in [0.2, 0.25) is 5.92 Å². The van der Waals surface area contributed by atoms with E-state index < -0.39 is 5.92 Å². The predicted octanol–water partition coefficient (Wildman–Crippen LogP) is 3.92. The van der Waals surface area contributed by atoms with E-state index in [1.807, 2.05) is 4.68 Å². The highest BCUT2D eigenvalue weighted by atomic mass is 79.9. The number of alkyl halides is 2. The van der Waals surface area contributed by atoms with E-state index in [4.69, 9.17) is 5.73 Å². The first-order valence-corrected chi connectivity index (χ1v) is 8.54. The third-order valence-corrected chi connectivity index (χ3v) is 5.41. The Kier molecular flexibility index (Phi) is 5.41. The van der Waals surface area contributed by atoms with E-state index in [2.05, 4.69) is 34.9 Å². The summed E-state index contributed by atoms with van der Waals surface area (Å²) in [6.45, 7) is 4.92. The molecule has 3 nitrogen and oxygen atoms in total. The third kappa shape index (κ3) is 3.83. The Hall–Kier alpha value is -0.490. The molecule has 0 aromatic carbocycles. The van der Waals surface area contributed by atoms with Gasteiger partial charge in [-0.15, -0.1) is 0 Å². The Bertz CT molecular complexity index is 478. The van der Waals surface area contributed by atoms with Crippen molar-refractivity contribution in [2.45, 2.75) is 70.9 Å². The van der Waals surface area contributed by atoms with E-state index in [-0.39, 0.29) is 24.8 Å². The Balaban J connectivity index is 2.06. The summed E-state index contributed by atoms with van der Waals surface area (Å²) >= 11 is 3.61. The van der Waals surface area contributed by atoms with Gasteiger partial charge in [-0.3, -0.25) is 4.68 Å². The second-order valence-electron chi connectivity index (χ2n) is 5.94. The Morgan fingerprint density at radius 1 is 1.38 bits per heavy atom. The molecule has 1 fully saturated rings. The fraction of sp³-hybridized carbons (Fsp3) is 0.800. The average molecular weight is 364 g/mol. The van der Waals surface area contributed by atoms with Crippen LogP contribution in [-0.4, -0.2) is 21.7 Å². The number of rotatable bonds is 5. The van der Waals surface area contributed by atoms with Crippen LogP contribution in [0.1, 0.15) is 50.9 Å². The van der Waals surface area contributed by atoms with Crippen molar-refractivity contribution in [3.8, 4) is 0 Å². The Morgan fingerprint density at radius 2 is 2.00 bits per heavy atom. The lowest BCUT2D eigenvalue weighted by atomic mass is 9.81. The fourth-order valence-electron chi connectivity index (χ4n) is 3.09. The van der Waals surface area contributed by atoms with E-state index >= 15 is 0 Å². The lowest BCUT2D eigenvalue weighted by molar-refractivity contribution is -0.0482. The van der Waals surface area contributed by atoms with Crippen LogP contribution < -0.4 is 5.73 Å². The average Bonchev–Trinajstić information content (AvgIpc) is 2.75. The molecule has 21 heavy (non-hydrogen) atoms. The maximum Gasteiger partial charge on any atom is 0.248 e. The molecule has 0 radical (unpaired) electrons. The SMILES string of the molecule is CCc1nn(CC)c(CC(N)C2CCC(F)(F)CC2)c1Br. The normalized spacial score (nSPS) is 20.7. The molecule has 1 aliphatic rings. The molecule has 1 heterocycles. The summed E-state index contributed by atoms with van der Waals surface area (Å²) in [5.74, 6) is -2.31. The van der Waals surface area contributed by atoms with Gasteiger partial charge in [0.05, 0.1) is 15.9 Å². The van der Waals surface area contributed by atoms with E-state index in [1.54, 1.807) is 0 Å². The lowest BCUT2D eigenvalue weighted by Gasteiger charge is -2.32. The summed E-state index contributed by atoms with van der Waals surface area (Å²) in [6.07, 6.45) is 2.54. The number of aromatic nitrogens is 2. The minimum absolute atomic E-state index is 0.0280. The highest BCUT2D eigenvalue weighted by molar-refractivity contribution is 9.10. The molecule has 2 rings (SSSR count). The molecule has 0 amide bonds. The van der Waals surface area contributed by atoms with Gasteiger partial charge in [-0.2, -0.15) is 5.10 Å². The van der Waals surface area contributed by atoms with Crippen molar-refractivity contribution in [1.29, 1.82) is 0 Å². The third-order valence-electron chi connectivity index (χ3n) is 4.49. The van der Waals surface area contributed by atoms with Crippen molar-refractivity contribution < 1.29 is 8.78 Å². The van der Waals surface area contributed by atoms with Gasteiger partial charge in [-0.25, -0.2) is 8.78 Å². The molecule has 1 saturated carbocycles. The molecule has 0 spiro atoms. The van der Waals surface area contributed by atoms with Crippen LogP contribution in [0, 0.1) is 5.92 Å². The maximum absolute atomic E-state index is 13.2. The van der Waals surface area contributed by atoms with E-state index in [1.165, 1.54) is 0 Å². The minimum Gasteiger partial charge on any atom is -0.327 e. The smallest absolute Gasteiger partial charge is 0.248 e. The zero-order chi connectivity index (χ0) is 15.6. The first kappa shape index (κ1) is 16.9. The fourth-order valence-corrected chi connectivity index (χ4v) is 3.82. The highest BCUT2D eigenvalue weighted by Crippen LogP contribution is 2.38. The van der Waals surface area contributed by atoms with Gasteiger partial charge >= 0.3 is 0 Å². The van der Waals surface area contributed by atoms with Gasteiger partial charge in [0, 0.05) is 31.8 Å². The second kappa shape index (κ2) is 6.73. The molecule has 2 N–H and O–H groups in total. The van der Waals surface area contributed by atoms with Crippen molar-refractivity contribution in [1.82, 2.24) is 9.78 Å². The number of aryl methyl sites for hydroxylation is 2. The molecular formula is C15H24BrF2N3. The molecule has 0 aliphatic heterocycles. The molecule has 1 aromatic heterocycles. The topological polar surface area (TPSA) is 43.8 Å². The molecule has 1 unspecified atom stereocenters. The van der Waals surface area contributed by atoms with Crippen LogP contribution in [0.2, 0.25) is 0 Å². The van der Waals surface area contributed by atoms with Gasteiger partial charge in [0.25, 0.3) is 0 Å². The monoisotopic (exact) mass is 363 g/mol. The Morgan fingerprint density at radius 3 is 2.52 bits per heavy atom. The van der Waals surface area contributed by atoms with Crippen LogP contribution in [0.4, 0.5) is 8.78 Å². The van der Waals surface area contributed by atoms with Crippen molar-refractivity contribution in [3.63, 3.8) is 0 Å². The summed E-state index contributed by atoms with van der Waals surface area (Å²) < 4.78 is 29.5. The largest absolute Gasteiger partial charge is 0.327 e. The van der Waals surface area contributed by atoms with Gasteiger partial charge in [0.1, 0.15) is 0 Å².